The summed E-state index contributed by atoms with van der Waals surface area (Å²) in [6.45, 7) is 4.14. The number of anilines is 1. The summed E-state index contributed by atoms with van der Waals surface area (Å²) < 4.78 is 7.06. The zero-order valence-electron chi connectivity index (χ0n) is 15.9. The van der Waals surface area contributed by atoms with Crippen LogP contribution < -0.4 is 15.4 Å². The second-order valence-corrected chi connectivity index (χ2v) is 7.09. The summed E-state index contributed by atoms with van der Waals surface area (Å²) in [6, 6.07) is 10.7. The lowest BCUT2D eigenvalue weighted by Crippen LogP contribution is -2.39. The molecular formula is C20H22N4O3S. The number of thiophene rings is 1. The lowest BCUT2D eigenvalue weighted by molar-refractivity contribution is -0.136. The van der Waals surface area contributed by atoms with Crippen LogP contribution in [0.4, 0.5) is 5.69 Å². The van der Waals surface area contributed by atoms with Gasteiger partial charge < -0.3 is 15.4 Å². The fourth-order valence-corrected chi connectivity index (χ4v) is 3.68. The van der Waals surface area contributed by atoms with Crippen LogP contribution in [0.3, 0.4) is 0 Å². The van der Waals surface area contributed by atoms with E-state index in [1.165, 1.54) is 7.11 Å². The van der Waals surface area contributed by atoms with Gasteiger partial charge in [0.25, 0.3) is 0 Å². The molecule has 0 radical (unpaired) electrons. The average molecular weight is 398 g/mol. The van der Waals surface area contributed by atoms with Crippen LogP contribution in [-0.2, 0) is 9.59 Å². The van der Waals surface area contributed by atoms with Crippen LogP contribution in [0, 0.1) is 13.8 Å². The van der Waals surface area contributed by atoms with E-state index in [0.29, 0.717) is 11.4 Å². The lowest BCUT2D eigenvalue weighted by Gasteiger charge is -2.19. The fourth-order valence-electron chi connectivity index (χ4n) is 2.97. The first kappa shape index (κ1) is 19.6. The molecule has 1 unspecified atom stereocenters. The van der Waals surface area contributed by atoms with Crippen LogP contribution in [0.1, 0.15) is 23.0 Å². The summed E-state index contributed by atoms with van der Waals surface area (Å²) in [5, 5.41) is 13.8. The number of rotatable bonds is 6. The van der Waals surface area contributed by atoms with E-state index in [2.05, 4.69) is 15.7 Å². The zero-order chi connectivity index (χ0) is 20.1. The number of nitrogens with one attached hydrogen (secondary N) is 2. The minimum atomic E-state index is -0.748. The van der Waals surface area contributed by atoms with Crippen molar-refractivity contribution in [3.63, 3.8) is 0 Å². The molecule has 3 aromatic rings. The molecule has 3 rings (SSSR count). The Bertz CT molecular complexity index is 966. The van der Waals surface area contributed by atoms with E-state index in [1.54, 1.807) is 35.6 Å². The first-order valence-corrected chi connectivity index (χ1v) is 9.71. The maximum Gasteiger partial charge on any atom is 0.313 e. The van der Waals surface area contributed by atoms with Crippen molar-refractivity contribution in [1.82, 2.24) is 15.1 Å². The van der Waals surface area contributed by atoms with Gasteiger partial charge in [-0.1, -0.05) is 12.1 Å². The second-order valence-electron chi connectivity index (χ2n) is 6.31. The highest BCUT2D eigenvalue weighted by Gasteiger charge is 2.21. The molecule has 0 aliphatic carbocycles. The van der Waals surface area contributed by atoms with Crippen LogP contribution in [0.25, 0.3) is 0 Å². The Labute approximate surface area is 167 Å². The first-order valence-electron chi connectivity index (χ1n) is 8.76. The van der Waals surface area contributed by atoms with E-state index >= 15 is 0 Å². The predicted molar refractivity (Wildman–Crippen MR) is 109 cm³/mol. The quantitative estimate of drug-likeness (QED) is 0.625. The third-order valence-corrected chi connectivity index (χ3v) is 4.99. The molecule has 1 aromatic carbocycles. The van der Waals surface area contributed by atoms with Gasteiger partial charge in [-0.05, 0) is 54.4 Å². The number of ether oxygens (including phenoxy) is 1. The standard InChI is InChI=1S/C20H22N4O3S/c1-13-10-14(2)24(23-13)17(15-8-9-28-12-15)11-21-19(25)20(26)22-16-6-4-5-7-18(16)27-3/h4-10,12,17H,11H2,1-3H3,(H,21,25)(H,22,26). The van der Waals surface area contributed by atoms with Gasteiger partial charge in [-0.2, -0.15) is 16.4 Å². The number of nitrogens with zero attached hydrogens (tertiary/aromatic N) is 2. The molecule has 28 heavy (non-hydrogen) atoms. The van der Waals surface area contributed by atoms with Crippen molar-refractivity contribution in [1.29, 1.82) is 0 Å². The van der Waals surface area contributed by atoms with Gasteiger partial charge >= 0.3 is 11.8 Å². The summed E-state index contributed by atoms with van der Waals surface area (Å²) in [5.41, 5.74) is 3.36. The molecule has 0 saturated heterocycles. The van der Waals surface area contributed by atoms with Gasteiger partial charge in [-0.3, -0.25) is 14.3 Å². The van der Waals surface area contributed by atoms with E-state index in [4.69, 9.17) is 4.74 Å². The molecule has 146 valence electrons. The smallest absolute Gasteiger partial charge is 0.313 e. The largest absolute Gasteiger partial charge is 0.495 e. The lowest BCUT2D eigenvalue weighted by atomic mass is 10.1. The maximum absolute atomic E-state index is 12.4. The van der Waals surface area contributed by atoms with E-state index in [-0.39, 0.29) is 12.6 Å². The second kappa shape index (κ2) is 8.71. The molecular weight excluding hydrogens is 376 g/mol. The number of methoxy groups -OCH3 is 1. The molecule has 0 bridgehead atoms. The first-order chi connectivity index (χ1) is 13.5. The Morgan fingerprint density at radius 1 is 1.21 bits per heavy atom. The highest BCUT2D eigenvalue weighted by atomic mass is 32.1. The van der Waals surface area contributed by atoms with Gasteiger partial charge in [-0.25, -0.2) is 0 Å². The van der Waals surface area contributed by atoms with Gasteiger partial charge in [0, 0.05) is 12.2 Å². The number of hydrogen-bond acceptors (Lipinski definition) is 5. The third kappa shape index (κ3) is 4.40. The third-order valence-electron chi connectivity index (χ3n) is 4.29. The molecule has 0 spiro atoms. The van der Waals surface area contributed by atoms with E-state index < -0.39 is 11.8 Å². The Hall–Kier alpha value is -3.13. The SMILES string of the molecule is COc1ccccc1NC(=O)C(=O)NCC(c1ccsc1)n1nc(C)cc1C. The number of hydrogen-bond donors (Lipinski definition) is 2. The van der Waals surface area contributed by atoms with E-state index in [1.807, 2.05) is 41.4 Å². The molecule has 2 heterocycles. The molecule has 8 heteroatoms. The van der Waals surface area contributed by atoms with Gasteiger partial charge in [0.05, 0.1) is 24.5 Å². The summed E-state index contributed by atoms with van der Waals surface area (Å²) in [6.07, 6.45) is 0. The Morgan fingerprint density at radius 3 is 2.64 bits per heavy atom. The van der Waals surface area contributed by atoms with Crippen LogP contribution in [-0.4, -0.2) is 35.2 Å². The van der Waals surface area contributed by atoms with Crippen LogP contribution in [0.15, 0.2) is 47.2 Å². The highest BCUT2D eigenvalue weighted by molar-refractivity contribution is 7.08. The molecule has 0 saturated carbocycles. The van der Waals surface area contributed by atoms with Crippen molar-refractivity contribution in [2.45, 2.75) is 19.9 Å². The summed E-state index contributed by atoms with van der Waals surface area (Å²) in [5.74, 6) is -0.975. The van der Waals surface area contributed by atoms with Crippen molar-refractivity contribution in [3.8, 4) is 5.75 Å². The molecule has 1 atom stereocenters. The van der Waals surface area contributed by atoms with Gasteiger partial charge in [-0.15, -0.1) is 0 Å². The zero-order valence-corrected chi connectivity index (χ0v) is 16.7. The maximum atomic E-state index is 12.4. The minimum absolute atomic E-state index is 0.192. The van der Waals surface area contributed by atoms with Gasteiger partial charge in [0.2, 0.25) is 0 Å². The molecule has 2 aromatic heterocycles. The normalized spacial score (nSPS) is 11.7. The van der Waals surface area contributed by atoms with Crippen LogP contribution in [0.5, 0.6) is 5.75 Å². The van der Waals surface area contributed by atoms with Crippen molar-refractivity contribution in [2.75, 3.05) is 19.0 Å². The number of carbonyl (C=O) groups excluding carboxylic acids is 2. The number of amides is 2. The van der Waals surface area contributed by atoms with E-state index in [0.717, 1.165) is 17.0 Å². The highest BCUT2D eigenvalue weighted by Crippen LogP contribution is 2.23. The Balaban J connectivity index is 1.70. The van der Waals surface area contributed by atoms with Crippen molar-refractivity contribution < 1.29 is 14.3 Å². The number of carbonyl (C=O) groups is 2. The molecule has 0 aliphatic rings. The van der Waals surface area contributed by atoms with Gasteiger partial charge in [0.1, 0.15) is 5.75 Å². The number of aryl methyl sites for hydroxylation is 2. The minimum Gasteiger partial charge on any atom is -0.495 e. The van der Waals surface area contributed by atoms with Crippen molar-refractivity contribution in [3.05, 3.63) is 64.1 Å². The van der Waals surface area contributed by atoms with Crippen LogP contribution >= 0.6 is 11.3 Å². The van der Waals surface area contributed by atoms with Crippen molar-refractivity contribution >= 4 is 28.8 Å². The number of para-hydroxylation sites is 2. The summed E-state index contributed by atoms with van der Waals surface area (Å²) >= 11 is 1.57. The Morgan fingerprint density at radius 2 is 2.00 bits per heavy atom. The monoisotopic (exact) mass is 398 g/mol. The van der Waals surface area contributed by atoms with E-state index in [9.17, 15) is 9.59 Å². The predicted octanol–water partition coefficient (Wildman–Crippen LogP) is 2.91. The Kier molecular flexibility index (Phi) is 6.10. The summed E-state index contributed by atoms with van der Waals surface area (Å²) in [4.78, 5) is 24.6. The fraction of sp³-hybridized carbons (Fsp3) is 0.250. The average Bonchev–Trinajstić information content (AvgIpc) is 3.32. The molecule has 2 N–H and O–H groups in total. The van der Waals surface area contributed by atoms with Gasteiger partial charge in [0.15, 0.2) is 0 Å². The van der Waals surface area contributed by atoms with Crippen molar-refractivity contribution in [2.24, 2.45) is 0 Å². The topological polar surface area (TPSA) is 85.2 Å². The summed E-state index contributed by atoms with van der Waals surface area (Å²) in [7, 11) is 1.50. The number of aromatic nitrogens is 2. The molecule has 7 nitrogen and oxygen atoms in total. The van der Waals surface area contributed by atoms with Crippen LogP contribution in [0.2, 0.25) is 0 Å². The molecule has 0 aliphatic heterocycles. The molecule has 0 fully saturated rings. The number of benzene rings is 1. The molecule has 2 amide bonds.